The van der Waals surface area contributed by atoms with Crippen molar-refractivity contribution in [1.29, 1.82) is 0 Å². The van der Waals surface area contributed by atoms with Crippen molar-refractivity contribution >= 4 is 45.9 Å². The summed E-state index contributed by atoms with van der Waals surface area (Å²) < 4.78 is 5.41. The van der Waals surface area contributed by atoms with Gasteiger partial charge in [-0.3, -0.25) is 4.79 Å². The van der Waals surface area contributed by atoms with Crippen LogP contribution in [-0.2, 0) is 22.4 Å². The summed E-state index contributed by atoms with van der Waals surface area (Å²) in [6.07, 6.45) is 6.88. The minimum atomic E-state index is -0.362. The number of thiophene rings is 1. The summed E-state index contributed by atoms with van der Waals surface area (Å²) in [5.41, 5.74) is 2.39. The highest BCUT2D eigenvalue weighted by molar-refractivity contribution is 7.17. The fourth-order valence-electron chi connectivity index (χ4n) is 3.08. The first kappa shape index (κ1) is 19.6. The van der Waals surface area contributed by atoms with Crippen LogP contribution in [0.15, 0.2) is 30.3 Å². The van der Waals surface area contributed by atoms with Crippen LogP contribution in [-0.4, -0.2) is 18.0 Å². The molecule has 0 fully saturated rings. The number of aryl methyl sites for hydroxylation is 1. The lowest BCUT2D eigenvalue weighted by molar-refractivity contribution is -0.111. The molecule has 0 radical (unpaired) electrons. The van der Waals surface area contributed by atoms with Gasteiger partial charge < -0.3 is 10.1 Å². The molecule has 3 rings (SSSR count). The molecular weight excluding hydrogens is 382 g/mol. The summed E-state index contributed by atoms with van der Waals surface area (Å²) in [6, 6.07) is 7.25. The number of ether oxygens (including phenoxy) is 1. The first-order chi connectivity index (χ1) is 12.9. The lowest BCUT2D eigenvalue weighted by Gasteiger charge is -2.14. The molecule has 1 aromatic carbocycles. The highest BCUT2D eigenvalue weighted by Crippen LogP contribution is 2.38. The first-order valence-corrected chi connectivity index (χ1v) is 10.2. The minimum Gasteiger partial charge on any atom is -0.459 e. The third kappa shape index (κ3) is 4.99. The summed E-state index contributed by atoms with van der Waals surface area (Å²) in [6.45, 7) is 3.64. The van der Waals surface area contributed by atoms with Crippen LogP contribution in [0.2, 0.25) is 5.02 Å². The van der Waals surface area contributed by atoms with E-state index in [0.29, 0.717) is 15.6 Å². The second-order valence-electron chi connectivity index (χ2n) is 6.75. The molecule has 1 amide bonds. The van der Waals surface area contributed by atoms with Gasteiger partial charge in [0.2, 0.25) is 5.91 Å². The van der Waals surface area contributed by atoms with E-state index in [4.69, 9.17) is 16.3 Å². The van der Waals surface area contributed by atoms with Crippen LogP contribution in [0.1, 0.15) is 53.1 Å². The van der Waals surface area contributed by atoms with Crippen molar-refractivity contribution in [3.8, 4) is 0 Å². The molecule has 0 saturated heterocycles. The normalized spacial score (nSPS) is 13.6. The van der Waals surface area contributed by atoms with Gasteiger partial charge in [0, 0.05) is 16.0 Å². The Balaban J connectivity index is 1.82. The van der Waals surface area contributed by atoms with Crippen LogP contribution >= 0.6 is 22.9 Å². The summed E-state index contributed by atoms with van der Waals surface area (Å²) in [7, 11) is 0. The summed E-state index contributed by atoms with van der Waals surface area (Å²) in [4.78, 5) is 26.2. The number of esters is 1. The van der Waals surface area contributed by atoms with E-state index < -0.39 is 0 Å². The van der Waals surface area contributed by atoms with Gasteiger partial charge in [-0.1, -0.05) is 23.7 Å². The average molecular weight is 404 g/mol. The van der Waals surface area contributed by atoms with E-state index in [9.17, 15) is 9.59 Å². The maximum atomic E-state index is 12.6. The van der Waals surface area contributed by atoms with Crippen molar-refractivity contribution in [3.63, 3.8) is 0 Å². The lowest BCUT2D eigenvalue weighted by atomic mass is 9.95. The molecule has 1 heterocycles. The number of halogens is 1. The Hall–Kier alpha value is -2.11. The van der Waals surface area contributed by atoms with Gasteiger partial charge >= 0.3 is 5.97 Å². The molecule has 0 bridgehead atoms. The van der Waals surface area contributed by atoms with Crippen LogP contribution in [0.25, 0.3) is 6.08 Å². The Morgan fingerprint density at radius 1 is 1.26 bits per heavy atom. The van der Waals surface area contributed by atoms with Gasteiger partial charge in [-0.25, -0.2) is 4.79 Å². The van der Waals surface area contributed by atoms with Gasteiger partial charge in [0.25, 0.3) is 0 Å². The van der Waals surface area contributed by atoms with Crippen molar-refractivity contribution in [1.82, 2.24) is 0 Å². The number of hydrogen-bond acceptors (Lipinski definition) is 4. The largest absolute Gasteiger partial charge is 0.459 e. The van der Waals surface area contributed by atoms with Crippen molar-refractivity contribution in [3.05, 3.63) is 56.9 Å². The second-order valence-corrected chi connectivity index (χ2v) is 8.29. The van der Waals surface area contributed by atoms with Crippen molar-refractivity contribution in [2.24, 2.45) is 0 Å². The molecule has 0 spiro atoms. The fraction of sp³-hybridized carbons (Fsp3) is 0.333. The molecule has 0 unspecified atom stereocenters. The summed E-state index contributed by atoms with van der Waals surface area (Å²) in [5.74, 6) is -0.648. The van der Waals surface area contributed by atoms with Crippen LogP contribution in [0.4, 0.5) is 5.00 Å². The molecule has 0 saturated carbocycles. The first-order valence-electron chi connectivity index (χ1n) is 9.04. The molecule has 4 nitrogen and oxygen atoms in total. The third-order valence-electron chi connectivity index (χ3n) is 4.23. The standard InChI is InChI=1S/C21H22ClNO3S/c1-13(2)26-21(25)19-16-8-3-4-9-17(16)27-20(19)23-18(24)11-10-14-6-5-7-15(22)12-14/h5-7,10-13H,3-4,8-9H2,1-2H3,(H,23,24). The predicted octanol–water partition coefficient (Wildman–Crippen LogP) is 5.50. The van der Waals surface area contributed by atoms with E-state index in [2.05, 4.69) is 5.32 Å². The number of fused-ring (bicyclic) bond motifs is 1. The van der Waals surface area contributed by atoms with Crippen molar-refractivity contribution in [2.45, 2.75) is 45.6 Å². The molecule has 2 aromatic rings. The number of carbonyl (C=O) groups excluding carboxylic acids is 2. The SMILES string of the molecule is CC(C)OC(=O)c1c(NC(=O)C=Cc2cccc(Cl)c2)sc2c1CCCC2. The number of carbonyl (C=O) groups is 2. The molecule has 1 N–H and O–H groups in total. The Bertz CT molecular complexity index is 886. The molecule has 142 valence electrons. The van der Waals surface area contributed by atoms with Crippen molar-refractivity contribution < 1.29 is 14.3 Å². The summed E-state index contributed by atoms with van der Waals surface area (Å²) in [5, 5.41) is 4.06. The number of nitrogens with one attached hydrogen (secondary N) is 1. The Kier molecular flexibility index (Phi) is 6.34. The maximum absolute atomic E-state index is 12.6. The van der Waals surface area contributed by atoms with Gasteiger partial charge in [0.1, 0.15) is 5.00 Å². The molecule has 1 aliphatic rings. The van der Waals surface area contributed by atoms with E-state index in [1.165, 1.54) is 22.3 Å². The maximum Gasteiger partial charge on any atom is 0.341 e. The van der Waals surface area contributed by atoms with E-state index in [0.717, 1.165) is 36.8 Å². The molecule has 6 heteroatoms. The Morgan fingerprint density at radius 3 is 2.78 bits per heavy atom. The molecular formula is C21H22ClNO3S. The Morgan fingerprint density at radius 2 is 2.04 bits per heavy atom. The second kappa shape index (κ2) is 8.72. The van der Waals surface area contributed by atoms with Gasteiger partial charge in [-0.15, -0.1) is 11.3 Å². The predicted molar refractivity (Wildman–Crippen MR) is 111 cm³/mol. The minimum absolute atomic E-state index is 0.206. The van der Waals surface area contributed by atoms with Crippen LogP contribution in [0.3, 0.4) is 0 Å². The smallest absolute Gasteiger partial charge is 0.341 e. The van der Waals surface area contributed by atoms with Gasteiger partial charge in [0.05, 0.1) is 11.7 Å². The molecule has 1 aromatic heterocycles. The topological polar surface area (TPSA) is 55.4 Å². The van der Waals surface area contributed by atoms with E-state index in [-0.39, 0.29) is 18.0 Å². The summed E-state index contributed by atoms with van der Waals surface area (Å²) >= 11 is 7.44. The molecule has 0 aliphatic heterocycles. The van der Waals surface area contributed by atoms with Crippen molar-refractivity contribution in [2.75, 3.05) is 5.32 Å². The molecule has 27 heavy (non-hydrogen) atoms. The highest BCUT2D eigenvalue weighted by atomic mass is 35.5. The van der Waals surface area contributed by atoms with Gasteiger partial charge in [0.15, 0.2) is 0 Å². The number of benzene rings is 1. The van der Waals surface area contributed by atoms with E-state index in [1.807, 2.05) is 26.0 Å². The van der Waals surface area contributed by atoms with Crippen LogP contribution < -0.4 is 5.32 Å². The highest BCUT2D eigenvalue weighted by Gasteiger charge is 2.27. The average Bonchev–Trinajstić information content (AvgIpc) is 2.97. The molecule has 0 atom stereocenters. The molecule has 1 aliphatic carbocycles. The monoisotopic (exact) mass is 403 g/mol. The zero-order valence-electron chi connectivity index (χ0n) is 15.4. The fourth-order valence-corrected chi connectivity index (χ4v) is 4.56. The van der Waals surface area contributed by atoms with Crippen LogP contribution in [0.5, 0.6) is 0 Å². The number of anilines is 1. The van der Waals surface area contributed by atoms with Crippen LogP contribution in [0, 0.1) is 0 Å². The number of hydrogen-bond donors (Lipinski definition) is 1. The Labute approximate surface area is 168 Å². The third-order valence-corrected chi connectivity index (χ3v) is 5.67. The number of amides is 1. The van der Waals surface area contributed by atoms with E-state index >= 15 is 0 Å². The van der Waals surface area contributed by atoms with Gasteiger partial charge in [-0.2, -0.15) is 0 Å². The lowest BCUT2D eigenvalue weighted by Crippen LogP contribution is -2.17. The quantitative estimate of drug-likeness (QED) is 0.530. The van der Waals surface area contributed by atoms with Gasteiger partial charge in [-0.05, 0) is 68.9 Å². The zero-order valence-corrected chi connectivity index (χ0v) is 17.0. The zero-order chi connectivity index (χ0) is 19.4. The van der Waals surface area contributed by atoms with E-state index in [1.54, 1.807) is 18.2 Å². The number of rotatable bonds is 5.